The highest BCUT2D eigenvalue weighted by atomic mass is 19.4. The lowest BCUT2D eigenvalue weighted by atomic mass is 9.54. The molecule has 4 aromatic carbocycles. The maximum Gasteiger partial charge on any atom is 0.416 e. The van der Waals surface area contributed by atoms with Gasteiger partial charge in [0.1, 0.15) is 0 Å². The van der Waals surface area contributed by atoms with Gasteiger partial charge >= 0.3 is 6.18 Å². The average molecular weight is 484 g/mol. The van der Waals surface area contributed by atoms with Crippen molar-refractivity contribution in [2.24, 2.45) is 5.41 Å². The number of rotatable bonds is 3. The Labute approximate surface area is 210 Å². The highest BCUT2D eigenvalue weighted by Gasteiger charge is 2.68. The Balaban J connectivity index is 1.72. The molecule has 1 aliphatic carbocycles. The van der Waals surface area contributed by atoms with Gasteiger partial charge < -0.3 is 5.32 Å². The van der Waals surface area contributed by atoms with E-state index in [0.717, 1.165) is 46.2 Å². The Kier molecular flexibility index (Phi) is 5.08. The summed E-state index contributed by atoms with van der Waals surface area (Å²) in [5.74, 6) is 0. The van der Waals surface area contributed by atoms with Crippen LogP contribution in [0.3, 0.4) is 0 Å². The van der Waals surface area contributed by atoms with Crippen molar-refractivity contribution in [2.75, 3.05) is 5.32 Å². The van der Waals surface area contributed by atoms with Crippen LogP contribution in [0, 0.1) is 19.3 Å². The van der Waals surface area contributed by atoms with Gasteiger partial charge in [-0.3, -0.25) is 0 Å². The molecule has 1 unspecified atom stereocenters. The minimum atomic E-state index is -4.41. The molecule has 1 saturated carbocycles. The highest BCUT2D eigenvalue weighted by molar-refractivity contribution is 5.71. The summed E-state index contributed by atoms with van der Waals surface area (Å²) in [5.41, 5.74) is 5.68. The predicted octanol–water partition coefficient (Wildman–Crippen LogP) is 8.60. The lowest BCUT2D eigenvalue weighted by Crippen LogP contribution is -2.48. The van der Waals surface area contributed by atoms with Gasteiger partial charge in [0.05, 0.1) is 17.0 Å². The molecule has 0 radical (unpaired) electrons. The number of nitrogens with one attached hydrogen (secondary N) is 1. The fraction of sp³-hybridized carbons (Fsp3) is 0.250. The van der Waals surface area contributed by atoms with Crippen molar-refractivity contribution in [3.63, 3.8) is 0 Å². The van der Waals surface area contributed by atoms with Gasteiger partial charge in [-0.25, -0.2) is 0 Å². The van der Waals surface area contributed by atoms with E-state index in [0.29, 0.717) is 5.69 Å². The molecule has 2 aliphatic rings. The van der Waals surface area contributed by atoms with Crippen LogP contribution in [0.1, 0.15) is 57.8 Å². The van der Waals surface area contributed by atoms with Crippen LogP contribution in [0.5, 0.6) is 0 Å². The summed E-state index contributed by atoms with van der Waals surface area (Å²) in [4.78, 5) is 0. The second kappa shape index (κ2) is 7.99. The lowest BCUT2D eigenvalue weighted by molar-refractivity contribution is -0.137. The molecule has 1 nitrogen and oxygen atoms in total. The van der Waals surface area contributed by atoms with Crippen molar-refractivity contribution in [2.45, 2.75) is 44.3 Å². The summed E-state index contributed by atoms with van der Waals surface area (Å²) in [7, 11) is 0. The second-order valence-corrected chi connectivity index (χ2v) is 10.4. The Morgan fingerprint density at radius 1 is 0.722 bits per heavy atom. The second-order valence-electron chi connectivity index (χ2n) is 10.4. The molecule has 182 valence electrons. The van der Waals surface area contributed by atoms with E-state index in [4.69, 9.17) is 0 Å². The first-order valence-electron chi connectivity index (χ1n) is 12.4. The van der Waals surface area contributed by atoms with Crippen molar-refractivity contribution < 1.29 is 13.2 Å². The van der Waals surface area contributed by atoms with Gasteiger partial charge in [-0.2, -0.15) is 13.2 Å². The van der Waals surface area contributed by atoms with Crippen molar-refractivity contribution >= 4 is 5.69 Å². The maximum atomic E-state index is 13.8. The van der Waals surface area contributed by atoms with Crippen LogP contribution in [-0.4, -0.2) is 0 Å². The van der Waals surface area contributed by atoms with Crippen molar-refractivity contribution in [3.8, 4) is 0 Å². The van der Waals surface area contributed by atoms with Crippen LogP contribution in [0.25, 0.3) is 0 Å². The number of anilines is 1. The Bertz CT molecular complexity index is 1350. The minimum absolute atomic E-state index is 0.128. The zero-order chi connectivity index (χ0) is 25.1. The normalized spacial score (nSPS) is 19.4. The average Bonchev–Trinajstić information content (AvgIpc) is 3.66. The predicted molar refractivity (Wildman–Crippen MR) is 138 cm³/mol. The maximum absolute atomic E-state index is 13.8. The minimum Gasteiger partial charge on any atom is -0.377 e. The molecule has 1 fully saturated rings. The summed E-state index contributed by atoms with van der Waals surface area (Å²) in [6, 6.07) is 31.5. The number of hydrogen-bond donors (Lipinski definition) is 1. The zero-order valence-corrected chi connectivity index (χ0v) is 20.4. The smallest absolute Gasteiger partial charge is 0.377 e. The van der Waals surface area contributed by atoms with Gasteiger partial charge in [0.2, 0.25) is 0 Å². The number of halogens is 3. The first-order valence-corrected chi connectivity index (χ1v) is 12.4. The summed E-state index contributed by atoms with van der Waals surface area (Å²) in [6.07, 6.45) is -2.46. The van der Waals surface area contributed by atoms with E-state index in [1.54, 1.807) is 6.07 Å². The van der Waals surface area contributed by atoms with Crippen LogP contribution < -0.4 is 5.32 Å². The number of hydrogen-bond acceptors (Lipinski definition) is 1. The van der Waals surface area contributed by atoms with E-state index in [2.05, 4.69) is 79.8 Å². The quantitative estimate of drug-likeness (QED) is 0.308. The Morgan fingerprint density at radius 2 is 1.28 bits per heavy atom. The molecule has 1 spiro atoms. The van der Waals surface area contributed by atoms with Gasteiger partial charge in [0.15, 0.2) is 0 Å². The van der Waals surface area contributed by atoms with Crippen LogP contribution in [0.2, 0.25) is 0 Å². The monoisotopic (exact) mass is 483 g/mol. The first kappa shape index (κ1) is 22.9. The molecule has 0 amide bonds. The van der Waals surface area contributed by atoms with Crippen LogP contribution in [0.15, 0.2) is 97.1 Å². The number of benzene rings is 4. The third kappa shape index (κ3) is 3.31. The molecule has 0 bridgehead atoms. The standard InChI is InChI=1S/C32H28F3N/c1-21-8-12-24(13-9-21)31(25-14-10-22(2)11-15-25)27-17-16-26(32(33,34)35)20-28(27)36-29(30(31)18-19-30)23-6-4-3-5-7-23/h3-17,20,29,36H,18-19H2,1-2H3. The van der Waals surface area contributed by atoms with Crippen molar-refractivity contribution in [1.29, 1.82) is 0 Å². The van der Waals surface area contributed by atoms with Crippen LogP contribution in [0.4, 0.5) is 18.9 Å². The Morgan fingerprint density at radius 3 is 1.78 bits per heavy atom. The fourth-order valence-corrected chi connectivity index (χ4v) is 6.45. The van der Waals surface area contributed by atoms with Gasteiger partial charge in [0, 0.05) is 11.1 Å². The molecule has 4 heteroatoms. The zero-order valence-electron chi connectivity index (χ0n) is 20.4. The summed E-state index contributed by atoms with van der Waals surface area (Å²) < 4.78 is 41.5. The molecule has 1 N–H and O–H groups in total. The van der Waals surface area contributed by atoms with E-state index < -0.39 is 17.2 Å². The van der Waals surface area contributed by atoms with E-state index in [1.165, 1.54) is 12.1 Å². The van der Waals surface area contributed by atoms with Crippen molar-refractivity contribution in [3.05, 3.63) is 136 Å². The highest BCUT2D eigenvalue weighted by Crippen LogP contribution is 2.73. The first-order chi connectivity index (χ1) is 17.3. The largest absolute Gasteiger partial charge is 0.416 e. The van der Waals surface area contributed by atoms with Gasteiger partial charge in [-0.05, 0) is 61.1 Å². The van der Waals surface area contributed by atoms with E-state index in [9.17, 15) is 13.2 Å². The lowest BCUT2D eigenvalue weighted by Gasteiger charge is -2.52. The van der Waals surface area contributed by atoms with E-state index in [-0.39, 0.29) is 11.5 Å². The van der Waals surface area contributed by atoms with Gasteiger partial charge in [-0.1, -0.05) is 96.1 Å². The number of aryl methyl sites for hydroxylation is 2. The number of fused-ring (bicyclic) bond motifs is 1. The summed E-state index contributed by atoms with van der Waals surface area (Å²) in [6.45, 7) is 4.13. The molecule has 1 aliphatic heterocycles. The molecule has 1 heterocycles. The molecule has 0 saturated heterocycles. The third-order valence-electron chi connectivity index (χ3n) is 8.24. The van der Waals surface area contributed by atoms with E-state index in [1.807, 2.05) is 18.2 Å². The molecule has 1 atom stereocenters. The topological polar surface area (TPSA) is 12.0 Å². The molecule has 36 heavy (non-hydrogen) atoms. The SMILES string of the molecule is Cc1ccc(C2(c3ccc(C)cc3)c3ccc(C(F)(F)F)cc3NC(c3ccccc3)C23CC3)cc1. The molecular formula is C32H28F3N. The third-order valence-corrected chi connectivity index (χ3v) is 8.24. The van der Waals surface area contributed by atoms with Crippen LogP contribution >= 0.6 is 0 Å². The number of alkyl halides is 3. The molecular weight excluding hydrogens is 455 g/mol. The molecule has 6 rings (SSSR count). The summed E-state index contributed by atoms with van der Waals surface area (Å²) in [5, 5.41) is 3.60. The van der Waals surface area contributed by atoms with Gasteiger partial charge in [0.25, 0.3) is 0 Å². The van der Waals surface area contributed by atoms with E-state index >= 15 is 0 Å². The molecule has 4 aromatic rings. The van der Waals surface area contributed by atoms with Crippen molar-refractivity contribution in [1.82, 2.24) is 0 Å². The Hall–Kier alpha value is -3.53. The fourth-order valence-electron chi connectivity index (χ4n) is 6.45. The summed E-state index contributed by atoms with van der Waals surface area (Å²) >= 11 is 0. The van der Waals surface area contributed by atoms with Gasteiger partial charge in [-0.15, -0.1) is 0 Å². The van der Waals surface area contributed by atoms with Crippen LogP contribution in [-0.2, 0) is 11.6 Å². The molecule has 0 aromatic heterocycles.